The smallest absolute Gasteiger partial charge is 0.289 e. The van der Waals surface area contributed by atoms with Gasteiger partial charge in [-0.3, -0.25) is 9.69 Å². The summed E-state index contributed by atoms with van der Waals surface area (Å²) in [6, 6.07) is 11.8. The Kier molecular flexibility index (Phi) is 5.96. The SMILES string of the molecule is O=C(c1ccco1)N1CCN(C(c2ccc(Cl)cc2Cl)c2sc3nc(-c4ccco4)nn3c2O)CC1. The van der Waals surface area contributed by atoms with Crippen LogP contribution in [0.15, 0.2) is 63.8 Å². The molecule has 0 bridgehead atoms. The molecule has 12 heteroatoms. The molecule has 0 aliphatic carbocycles. The zero-order chi connectivity index (χ0) is 24.8. The van der Waals surface area contributed by atoms with Crippen LogP contribution in [0.5, 0.6) is 5.88 Å². The van der Waals surface area contributed by atoms with Crippen molar-refractivity contribution in [3.8, 4) is 17.5 Å². The Morgan fingerprint density at radius 1 is 1.06 bits per heavy atom. The first-order valence-corrected chi connectivity index (χ1v) is 12.7. The Morgan fingerprint density at radius 3 is 2.50 bits per heavy atom. The molecule has 1 atom stereocenters. The molecule has 1 N–H and O–H groups in total. The quantitative estimate of drug-likeness (QED) is 0.325. The van der Waals surface area contributed by atoms with Gasteiger partial charge in [0.2, 0.25) is 16.7 Å². The van der Waals surface area contributed by atoms with E-state index in [-0.39, 0.29) is 11.8 Å². The highest BCUT2D eigenvalue weighted by molar-refractivity contribution is 7.17. The highest BCUT2D eigenvalue weighted by Crippen LogP contribution is 2.43. The molecule has 1 aliphatic rings. The number of halogens is 2. The van der Waals surface area contributed by atoms with Crippen molar-refractivity contribution in [1.29, 1.82) is 0 Å². The molecular weight excluding hydrogens is 525 g/mol. The Balaban J connectivity index is 1.35. The lowest BCUT2D eigenvalue weighted by atomic mass is 10.0. The highest BCUT2D eigenvalue weighted by Gasteiger charge is 2.34. The summed E-state index contributed by atoms with van der Waals surface area (Å²) >= 11 is 14.1. The van der Waals surface area contributed by atoms with E-state index in [1.54, 1.807) is 47.6 Å². The van der Waals surface area contributed by atoms with E-state index >= 15 is 0 Å². The molecule has 184 valence electrons. The van der Waals surface area contributed by atoms with E-state index in [9.17, 15) is 9.90 Å². The summed E-state index contributed by atoms with van der Waals surface area (Å²) in [5.74, 6) is 1.05. The van der Waals surface area contributed by atoms with Gasteiger partial charge in [0, 0.05) is 36.2 Å². The van der Waals surface area contributed by atoms with Crippen LogP contribution in [0.25, 0.3) is 16.5 Å². The molecule has 1 aliphatic heterocycles. The average molecular weight is 544 g/mol. The Hall–Kier alpha value is -3.31. The van der Waals surface area contributed by atoms with Gasteiger partial charge in [0.1, 0.15) is 0 Å². The van der Waals surface area contributed by atoms with Crippen molar-refractivity contribution in [3.05, 3.63) is 81.2 Å². The number of carbonyl (C=O) groups is 1. The summed E-state index contributed by atoms with van der Waals surface area (Å²) in [5.41, 5.74) is 0.790. The van der Waals surface area contributed by atoms with Crippen molar-refractivity contribution < 1.29 is 18.7 Å². The monoisotopic (exact) mass is 543 g/mol. The first-order valence-electron chi connectivity index (χ1n) is 11.1. The zero-order valence-electron chi connectivity index (χ0n) is 18.7. The fourth-order valence-electron chi connectivity index (χ4n) is 4.40. The van der Waals surface area contributed by atoms with Gasteiger partial charge in [-0.2, -0.15) is 9.50 Å². The number of carbonyl (C=O) groups excluding carboxylic acids is 1. The van der Waals surface area contributed by atoms with Gasteiger partial charge >= 0.3 is 0 Å². The van der Waals surface area contributed by atoms with E-state index in [2.05, 4.69) is 15.0 Å². The van der Waals surface area contributed by atoms with Crippen molar-refractivity contribution in [2.75, 3.05) is 26.2 Å². The fraction of sp³-hybridized carbons (Fsp3) is 0.208. The minimum atomic E-state index is -0.392. The third-order valence-electron chi connectivity index (χ3n) is 6.15. The summed E-state index contributed by atoms with van der Waals surface area (Å²) in [6.45, 7) is 2.10. The van der Waals surface area contributed by atoms with E-state index in [0.29, 0.717) is 63.4 Å². The van der Waals surface area contributed by atoms with Crippen LogP contribution in [0.2, 0.25) is 10.0 Å². The van der Waals surface area contributed by atoms with Crippen molar-refractivity contribution in [2.45, 2.75) is 6.04 Å². The number of nitrogens with zero attached hydrogens (tertiary/aromatic N) is 5. The summed E-state index contributed by atoms with van der Waals surface area (Å²) in [6.07, 6.45) is 3.04. The van der Waals surface area contributed by atoms with Crippen LogP contribution in [0.1, 0.15) is 27.0 Å². The fourth-order valence-corrected chi connectivity index (χ4v) is 6.02. The number of aromatic hydroxyl groups is 1. The van der Waals surface area contributed by atoms with Gasteiger partial charge in [-0.25, -0.2) is 0 Å². The van der Waals surface area contributed by atoms with E-state index < -0.39 is 6.04 Å². The predicted octanol–water partition coefficient (Wildman–Crippen LogP) is 5.20. The second-order valence-corrected chi connectivity index (χ2v) is 10.1. The van der Waals surface area contributed by atoms with Gasteiger partial charge in [-0.15, -0.1) is 5.10 Å². The number of aromatic nitrogens is 3. The summed E-state index contributed by atoms with van der Waals surface area (Å²) in [5, 5.41) is 16.7. The van der Waals surface area contributed by atoms with Gasteiger partial charge in [0.15, 0.2) is 11.5 Å². The van der Waals surface area contributed by atoms with Crippen molar-refractivity contribution in [2.24, 2.45) is 0 Å². The molecule has 9 nitrogen and oxygen atoms in total. The number of hydrogen-bond acceptors (Lipinski definition) is 8. The number of thiazole rings is 1. The minimum Gasteiger partial charge on any atom is -0.492 e. The molecule has 5 aromatic rings. The molecule has 1 unspecified atom stereocenters. The van der Waals surface area contributed by atoms with E-state index in [1.807, 2.05) is 6.07 Å². The standard InChI is InChI=1S/C24H19Cl2N5O4S/c25-14-5-6-15(16(26)13-14)19(29-7-9-30(10-8-29)22(32)18-4-2-12-35-18)20-23(33)31-24(36-20)27-21(28-31)17-3-1-11-34-17/h1-6,11-13,19,33H,7-10H2. The average Bonchev–Trinajstić information content (AvgIpc) is 3.68. The largest absolute Gasteiger partial charge is 0.492 e. The lowest BCUT2D eigenvalue weighted by molar-refractivity contribution is 0.0568. The minimum absolute atomic E-state index is 0.0228. The second-order valence-electron chi connectivity index (χ2n) is 8.27. The van der Waals surface area contributed by atoms with Crippen molar-refractivity contribution >= 4 is 45.4 Å². The van der Waals surface area contributed by atoms with Gasteiger partial charge in [-0.1, -0.05) is 40.6 Å². The maximum Gasteiger partial charge on any atom is 0.289 e. The number of rotatable bonds is 5. The number of piperazine rings is 1. The number of benzene rings is 1. The third-order valence-corrected chi connectivity index (χ3v) is 7.78. The normalized spacial score (nSPS) is 15.6. The van der Waals surface area contributed by atoms with Crippen LogP contribution >= 0.6 is 34.5 Å². The van der Waals surface area contributed by atoms with Gasteiger partial charge in [-0.05, 0) is 42.0 Å². The Bertz CT molecular complexity index is 1520. The predicted molar refractivity (Wildman–Crippen MR) is 135 cm³/mol. The number of hydrogen-bond donors (Lipinski definition) is 1. The van der Waals surface area contributed by atoms with E-state index in [4.69, 9.17) is 32.0 Å². The lowest BCUT2D eigenvalue weighted by Crippen LogP contribution is -2.49. The molecular formula is C24H19Cl2N5O4S. The second kappa shape index (κ2) is 9.29. The first kappa shape index (κ1) is 23.1. The van der Waals surface area contributed by atoms with E-state index in [1.165, 1.54) is 22.1 Å². The Morgan fingerprint density at radius 2 is 1.83 bits per heavy atom. The van der Waals surface area contributed by atoms with Crippen LogP contribution in [-0.2, 0) is 0 Å². The maximum absolute atomic E-state index is 12.7. The van der Waals surface area contributed by atoms with Gasteiger partial charge in [0.25, 0.3) is 5.91 Å². The van der Waals surface area contributed by atoms with Crippen LogP contribution < -0.4 is 0 Å². The summed E-state index contributed by atoms with van der Waals surface area (Å²) < 4.78 is 12.1. The molecule has 1 saturated heterocycles. The van der Waals surface area contributed by atoms with Gasteiger partial charge in [0.05, 0.1) is 23.4 Å². The molecule has 1 aromatic carbocycles. The molecule has 5 heterocycles. The number of amides is 1. The number of furan rings is 2. The topological polar surface area (TPSA) is 100 Å². The summed E-state index contributed by atoms with van der Waals surface area (Å²) in [7, 11) is 0. The third kappa shape index (κ3) is 4.05. The van der Waals surface area contributed by atoms with Crippen LogP contribution in [0.4, 0.5) is 0 Å². The lowest BCUT2D eigenvalue weighted by Gasteiger charge is -2.39. The molecule has 1 fully saturated rings. The molecule has 0 spiro atoms. The molecule has 0 saturated carbocycles. The van der Waals surface area contributed by atoms with Crippen LogP contribution in [0, 0.1) is 0 Å². The van der Waals surface area contributed by atoms with Crippen molar-refractivity contribution in [3.63, 3.8) is 0 Å². The molecule has 1 amide bonds. The van der Waals surface area contributed by atoms with Crippen LogP contribution in [-0.4, -0.2) is 61.6 Å². The maximum atomic E-state index is 12.7. The first-order chi connectivity index (χ1) is 17.5. The molecule has 6 rings (SSSR count). The summed E-state index contributed by atoms with van der Waals surface area (Å²) in [4.78, 5) is 22.4. The highest BCUT2D eigenvalue weighted by atomic mass is 35.5. The number of fused-ring (bicyclic) bond motifs is 1. The zero-order valence-corrected chi connectivity index (χ0v) is 21.0. The van der Waals surface area contributed by atoms with E-state index in [0.717, 1.165) is 5.56 Å². The Labute approximate surface area is 219 Å². The van der Waals surface area contributed by atoms with Gasteiger partial charge < -0.3 is 18.8 Å². The van der Waals surface area contributed by atoms with Crippen molar-refractivity contribution in [1.82, 2.24) is 24.4 Å². The van der Waals surface area contributed by atoms with Crippen LogP contribution in [0.3, 0.4) is 0 Å². The molecule has 4 aromatic heterocycles. The molecule has 0 radical (unpaired) electrons. The molecule has 36 heavy (non-hydrogen) atoms.